The topological polar surface area (TPSA) is 78.7 Å². The number of hydrogen-bond acceptors (Lipinski definition) is 5. The number of aryl methyl sites for hydroxylation is 1. The van der Waals surface area contributed by atoms with E-state index in [4.69, 9.17) is 0 Å². The van der Waals surface area contributed by atoms with Gasteiger partial charge in [0, 0.05) is 44.3 Å². The van der Waals surface area contributed by atoms with Crippen molar-refractivity contribution in [2.24, 2.45) is 7.05 Å². The van der Waals surface area contributed by atoms with Crippen LogP contribution in [0.15, 0.2) is 72.1 Å². The Morgan fingerprint density at radius 1 is 1.00 bits per heavy atom. The van der Waals surface area contributed by atoms with Crippen molar-refractivity contribution in [3.8, 4) is 11.1 Å². The minimum atomic E-state index is -3.66. The molecule has 0 bridgehead atoms. The minimum Gasteiger partial charge on any atom is -0.395 e. The van der Waals surface area contributed by atoms with Gasteiger partial charge in [-0.05, 0) is 36.1 Å². The van der Waals surface area contributed by atoms with Crippen LogP contribution in [-0.4, -0.2) is 70.6 Å². The van der Waals surface area contributed by atoms with Crippen molar-refractivity contribution in [1.29, 1.82) is 0 Å². The number of benzene rings is 2. The van der Waals surface area contributed by atoms with Gasteiger partial charge in [-0.1, -0.05) is 54.6 Å². The van der Waals surface area contributed by atoms with E-state index in [0.717, 1.165) is 36.1 Å². The second-order valence-electron chi connectivity index (χ2n) is 9.02. The van der Waals surface area contributed by atoms with Crippen LogP contribution in [0.25, 0.3) is 11.1 Å². The van der Waals surface area contributed by atoms with E-state index in [2.05, 4.69) is 46.3 Å². The molecule has 1 aromatic heterocycles. The second kappa shape index (κ2) is 9.02. The van der Waals surface area contributed by atoms with Crippen LogP contribution in [-0.2, 0) is 17.1 Å². The largest absolute Gasteiger partial charge is 0.395 e. The highest BCUT2D eigenvalue weighted by atomic mass is 32.2. The Kier molecular flexibility index (Phi) is 6.09. The molecule has 3 heterocycles. The Labute approximate surface area is 195 Å². The molecule has 174 valence electrons. The summed E-state index contributed by atoms with van der Waals surface area (Å²) in [5.74, 6) is 0.0827. The Morgan fingerprint density at radius 2 is 1.70 bits per heavy atom. The maximum atomic E-state index is 13.3. The van der Waals surface area contributed by atoms with Crippen molar-refractivity contribution >= 4 is 10.0 Å². The molecule has 2 aromatic carbocycles. The maximum Gasteiger partial charge on any atom is 0.262 e. The van der Waals surface area contributed by atoms with Crippen molar-refractivity contribution in [3.05, 3.63) is 72.7 Å². The lowest BCUT2D eigenvalue weighted by atomic mass is 9.74. The van der Waals surface area contributed by atoms with E-state index in [1.54, 1.807) is 22.1 Å². The molecular weight excluding hydrogens is 436 g/mol. The van der Waals surface area contributed by atoms with Crippen LogP contribution >= 0.6 is 0 Å². The Bertz CT molecular complexity index is 1190. The van der Waals surface area contributed by atoms with Crippen LogP contribution in [0.2, 0.25) is 0 Å². The number of aliphatic hydroxyl groups excluding tert-OH is 1. The SMILES string of the molecule is Cn1cnc(S(=O)(=O)N2CCCCN3[C@H](CO)[C@@H](c4ccc(-c5ccccc5)cc4)[C@@H]3C2)c1. The summed E-state index contributed by atoms with van der Waals surface area (Å²) < 4.78 is 29.9. The number of hydrogen-bond donors (Lipinski definition) is 1. The van der Waals surface area contributed by atoms with Gasteiger partial charge >= 0.3 is 0 Å². The molecule has 3 aromatic rings. The normalized spacial score (nSPS) is 24.5. The molecule has 0 unspecified atom stereocenters. The van der Waals surface area contributed by atoms with Gasteiger partial charge in [-0.3, -0.25) is 4.90 Å². The standard InChI is InChI=1S/C25H30N4O3S/c1-27-16-24(26-18-27)33(31,32)28-13-5-6-14-29-22(15-28)25(23(29)17-30)21-11-9-20(10-12-21)19-7-3-2-4-8-19/h2-4,7-12,16,18,22-23,25,30H,5-6,13-15,17H2,1H3/t22-,23+,25-/m0/s1. The lowest BCUT2D eigenvalue weighted by molar-refractivity contribution is -0.0554. The van der Waals surface area contributed by atoms with Crippen LogP contribution in [0, 0.1) is 0 Å². The van der Waals surface area contributed by atoms with Crippen molar-refractivity contribution in [2.75, 3.05) is 26.2 Å². The Morgan fingerprint density at radius 3 is 2.36 bits per heavy atom. The molecule has 1 N–H and O–H groups in total. The molecule has 2 saturated heterocycles. The van der Waals surface area contributed by atoms with Crippen molar-refractivity contribution in [2.45, 2.75) is 35.9 Å². The number of nitrogens with zero attached hydrogens (tertiary/aromatic N) is 4. The molecule has 7 nitrogen and oxygen atoms in total. The molecule has 0 amide bonds. The van der Waals surface area contributed by atoms with Gasteiger partial charge < -0.3 is 9.67 Å². The monoisotopic (exact) mass is 466 g/mol. The smallest absolute Gasteiger partial charge is 0.262 e. The zero-order valence-electron chi connectivity index (χ0n) is 18.8. The molecular formula is C25H30N4O3S. The number of aromatic nitrogens is 2. The van der Waals surface area contributed by atoms with Crippen molar-refractivity contribution in [1.82, 2.24) is 18.8 Å². The van der Waals surface area contributed by atoms with Gasteiger partial charge in [0.25, 0.3) is 10.0 Å². The summed E-state index contributed by atoms with van der Waals surface area (Å²) >= 11 is 0. The second-order valence-corrected chi connectivity index (χ2v) is 10.9. The van der Waals surface area contributed by atoms with Gasteiger partial charge in [-0.25, -0.2) is 13.4 Å². The van der Waals surface area contributed by atoms with Crippen LogP contribution in [0.4, 0.5) is 0 Å². The molecule has 0 aliphatic carbocycles. The number of fused-ring (bicyclic) bond motifs is 1. The third-order valence-electron chi connectivity index (χ3n) is 7.02. The summed E-state index contributed by atoms with van der Waals surface area (Å²) in [5, 5.41) is 10.3. The van der Waals surface area contributed by atoms with E-state index in [9.17, 15) is 13.5 Å². The van der Waals surface area contributed by atoms with Crippen molar-refractivity contribution in [3.63, 3.8) is 0 Å². The van der Waals surface area contributed by atoms with Crippen molar-refractivity contribution < 1.29 is 13.5 Å². The lowest BCUT2D eigenvalue weighted by Gasteiger charge is -2.57. The molecule has 0 saturated carbocycles. The third kappa shape index (κ3) is 4.12. The molecule has 2 aliphatic rings. The molecule has 33 heavy (non-hydrogen) atoms. The van der Waals surface area contributed by atoms with Gasteiger partial charge in [-0.2, -0.15) is 4.31 Å². The van der Waals surface area contributed by atoms with Crippen LogP contribution in [0.5, 0.6) is 0 Å². The van der Waals surface area contributed by atoms with Crippen LogP contribution in [0.3, 0.4) is 0 Å². The number of rotatable bonds is 5. The summed E-state index contributed by atoms with van der Waals surface area (Å²) in [6, 6.07) is 18.8. The predicted molar refractivity (Wildman–Crippen MR) is 127 cm³/mol. The van der Waals surface area contributed by atoms with Gasteiger partial charge in [0.1, 0.15) is 0 Å². The molecule has 8 heteroatoms. The fraction of sp³-hybridized carbons (Fsp3) is 0.400. The molecule has 5 rings (SSSR count). The minimum absolute atomic E-state index is 0.00933. The van der Waals surface area contributed by atoms with Crippen LogP contribution in [0.1, 0.15) is 24.3 Å². The third-order valence-corrected chi connectivity index (χ3v) is 8.77. The molecule has 0 spiro atoms. The first kappa shape index (κ1) is 22.3. The summed E-state index contributed by atoms with van der Waals surface area (Å²) in [4.78, 5) is 6.39. The van der Waals surface area contributed by atoms with E-state index in [1.807, 2.05) is 18.2 Å². The average Bonchev–Trinajstić information content (AvgIpc) is 3.26. The number of aliphatic hydroxyl groups is 1. The molecule has 2 fully saturated rings. The van der Waals surface area contributed by atoms with Gasteiger partial charge in [0.2, 0.25) is 0 Å². The van der Waals surface area contributed by atoms with Gasteiger partial charge in [-0.15, -0.1) is 0 Å². The zero-order valence-corrected chi connectivity index (χ0v) is 19.6. The predicted octanol–water partition coefficient (Wildman–Crippen LogP) is 2.70. The summed E-state index contributed by atoms with van der Waals surface area (Å²) in [6.45, 7) is 1.84. The molecule has 2 aliphatic heterocycles. The van der Waals surface area contributed by atoms with Gasteiger partial charge in [0.15, 0.2) is 5.03 Å². The first-order chi connectivity index (χ1) is 16.0. The summed E-state index contributed by atoms with van der Waals surface area (Å²) in [5.41, 5.74) is 3.45. The maximum absolute atomic E-state index is 13.3. The molecule has 0 radical (unpaired) electrons. The first-order valence-electron chi connectivity index (χ1n) is 11.5. The number of imidazole rings is 1. The first-order valence-corrected chi connectivity index (χ1v) is 12.9. The lowest BCUT2D eigenvalue weighted by Crippen LogP contribution is -2.67. The average molecular weight is 467 g/mol. The quantitative estimate of drug-likeness (QED) is 0.626. The van der Waals surface area contributed by atoms with E-state index in [0.29, 0.717) is 13.1 Å². The summed E-state index contributed by atoms with van der Waals surface area (Å²) in [7, 11) is -1.89. The highest BCUT2D eigenvalue weighted by molar-refractivity contribution is 7.89. The highest BCUT2D eigenvalue weighted by Gasteiger charge is 2.50. The summed E-state index contributed by atoms with van der Waals surface area (Å²) in [6.07, 6.45) is 4.78. The highest BCUT2D eigenvalue weighted by Crippen LogP contribution is 2.42. The zero-order chi connectivity index (χ0) is 23.0. The van der Waals surface area contributed by atoms with E-state index in [1.165, 1.54) is 6.33 Å². The Balaban J connectivity index is 1.42. The Hall–Kier alpha value is -2.52. The van der Waals surface area contributed by atoms with Gasteiger partial charge in [0.05, 0.1) is 12.9 Å². The van der Waals surface area contributed by atoms with E-state index >= 15 is 0 Å². The van der Waals surface area contributed by atoms with E-state index < -0.39 is 10.0 Å². The van der Waals surface area contributed by atoms with Crippen LogP contribution < -0.4 is 0 Å². The fourth-order valence-electron chi connectivity index (χ4n) is 5.31. The van der Waals surface area contributed by atoms with E-state index in [-0.39, 0.29) is 29.6 Å². The fourth-order valence-corrected chi connectivity index (χ4v) is 6.77. The number of sulfonamides is 1. The molecule has 3 atom stereocenters.